The average Bonchev–Trinajstić information content (AvgIpc) is 2.65. The topological polar surface area (TPSA) is 39.2 Å². The number of carbonyl (C=O) groups is 1. The Morgan fingerprint density at radius 1 is 1.08 bits per heavy atom. The van der Waals surface area contributed by atoms with Gasteiger partial charge in [0, 0.05) is 0 Å². The zero-order valence-electron chi connectivity index (χ0n) is 15.3. The Bertz CT molecular complexity index is 544. The summed E-state index contributed by atoms with van der Waals surface area (Å²) in [5, 5.41) is 0.411. The highest BCUT2D eigenvalue weighted by molar-refractivity contribution is 6.29. The van der Waals surface area contributed by atoms with E-state index in [0.29, 0.717) is 10.9 Å². The molecule has 0 amide bonds. The first-order valence-corrected chi connectivity index (χ1v) is 10.4. The molecule has 0 radical (unpaired) electrons. The summed E-state index contributed by atoms with van der Waals surface area (Å²) in [7, 11) is 0. The van der Waals surface area contributed by atoms with Crippen molar-refractivity contribution in [3.63, 3.8) is 0 Å². The minimum atomic E-state index is -0.103. The van der Waals surface area contributed by atoms with Gasteiger partial charge in [0.15, 0.2) is 0 Å². The van der Waals surface area contributed by atoms with Crippen LogP contribution in [0.4, 0.5) is 0 Å². The second-order valence-corrected chi connectivity index (χ2v) is 8.31. The summed E-state index contributed by atoms with van der Waals surface area (Å²) in [6, 6.07) is 3.35. The van der Waals surface area contributed by atoms with E-state index in [4.69, 9.17) is 16.3 Å². The van der Waals surface area contributed by atoms with E-state index in [-0.39, 0.29) is 11.9 Å². The second kappa shape index (κ2) is 9.02. The normalized spacial score (nSPS) is 30.0. The zero-order valence-corrected chi connectivity index (χ0v) is 16.0. The number of ether oxygens (including phenoxy) is 1. The first kappa shape index (κ1) is 18.7. The lowest BCUT2D eigenvalue weighted by molar-refractivity contribution is -0.140. The molecule has 0 bridgehead atoms. The molecule has 0 unspecified atom stereocenters. The molecule has 2 fully saturated rings. The molecule has 3 nitrogen and oxygen atoms in total. The first-order chi connectivity index (χ1) is 12.2. The van der Waals surface area contributed by atoms with Gasteiger partial charge < -0.3 is 4.74 Å². The van der Waals surface area contributed by atoms with Gasteiger partial charge in [-0.2, -0.15) is 0 Å². The molecule has 0 aliphatic heterocycles. The Labute approximate surface area is 156 Å². The number of nitrogens with zero attached hydrogens (tertiary/aromatic N) is 1. The molecule has 0 saturated heterocycles. The number of esters is 1. The minimum Gasteiger partial charge on any atom is -0.425 e. The van der Waals surface area contributed by atoms with Crippen LogP contribution in [0.3, 0.4) is 0 Å². The number of rotatable bonds is 5. The van der Waals surface area contributed by atoms with Crippen molar-refractivity contribution in [1.82, 2.24) is 4.98 Å². The Morgan fingerprint density at radius 3 is 2.28 bits per heavy atom. The molecule has 138 valence electrons. The Kier molecular flexibility index (Phi) is 6.75. The van der Waals surface area contributed by atoms with Crippen LogP contribution in [-0.2, 0) is 4.79 Å². The highest BCUT2D eigenvalue weighted by atomic mass is 35.5. The third kappa shape index (κ3) is 5.20. The van der Waals surface area contributed by atoms with Crippen LogP contribution in [0.25, 0.3) is 0 Å². The lowest BCUT2D eigenvalue weighted by atomic mass is 9.69. The predicted octanol–water partition coefficient (Wildman–Crippen LogP) is 6.05. The first-order valence-electron chi connectivity index (χ1n) is 9.99. The van der Waals surface area contributed by atoms with Crippen LogP contribution < -0.4 is 4.74 Å². The van der Waals surface area contributed by atoms with E-state index in [9.17, 15) is 4.79 Å². The Hall–Kier alpha value is -1.09. The fraction of sp³-hybridized carbons (Fsp3) is 0.714. The standard InChI is InChI=1S/C21H30ClNO2/c1-2-3-15-4-6-16(7-5-15)17-8-10-18(11-9-17)21(24)25-19-12-13-20(22)23-14-19/h12-18H,2-11H2,1H3/t15-,16-,17?,18?. The van der Waals surface area contributed by atoms with Gasteiger partial charge in [-0.25, -0.2) is 4.98 Å². The molecular formula is C21H30ClNO2. The van der Waals surface area contributed by atoms with Gasteiger partial charge in [-0.3, -0.25) is 4.79 Å². The van der Waals surface area contributed by atoms with Crippen LogP contribution in [0, 0.1) is 23.7 Å². The highest BCUT2D eigenvalue weighted by Crippen LogP contribution is 2.42. The molecule has 4 heteroatoms. The molecule has 25 heavy (non-hydrogen) atoms. The third-order valence-electron chi connectivity index (χ3n) is 6.28. The van der Waals surface area contributed by atoms with E-state index >= 15 is 0 Å². The predicted molar refractivity (Wildman–Crippen MR) is 101 cm³/mol. The van der Waals surface area contributed by atoms with Crippen molar-refractivity contribution in [2.24, 2.45) is 23.7 Å². The summed E-state index contributed by atoms with van der Waals surface area (Å²) < 4.78 is 5.47. The maximum atomic E-state index is 12.4. The SMILES string of the molecule is CCC[C@H]1CC[C@H](C2CCC(C(=O)Oc3ccc(Cl)nc3)CC2)CC1. The van der Waals surface area contributed by atoms with Gasteiger partial charge in [0.1, 0.15) is 10.9 Å². The van der Waals surface area contributed by atoms with Crippen molar-refractivity contribution in [1.29, 1.82) is 0 Å². The molecule has 0 aromatic carbocycles. The van der Waals surface area contributed by atoms with Crippen molar-refractivity contribution in [2.75, 3.05) is 0 Å². The molecule has 1 aromatic heterocycles. The molecule has 1 aromatic rings. The maximum absolute atomic E-state index is 12.4. The molecule has 1 heterocycles. The fourth-order valence-corrected chi connectivity index (χ4v) is 4.92. The van der Waals surface area contributed by atoms with E-state index in [0.717, 1.165) is 30.6 Å². The van der Waals surface area contributed by atoms with Gasteiger partial charge >= 0.3 is 5.97 Å². The monoisotopic (exact) mass is 363 g/mol. The van der Waals surface area contributed by atoms with Crippen molar-refractivity contribution in [3.05, 3.63) is 23.5 Å². The van der Waals surface area contributed by atoms with Crippen molar-refractivity contribution < 1.29 is 9.53 Å². The van der Waals surface area contributed by atoms with Crippen LogP contribution in [0.2, 0.25) is 5.15 Å². The molecule has 0 atom stereocenters. The molecule has 0 N–H and O–H groups in total. The van der Waals surface area contributed by atoms with E-state index < -0.39 is 0 Å². The molecule has 0 spiro atoms. The van der Waals surface area contributed by atoms with Gasteiger partial charge in [-0.05, 0) is 68.4 Å². The molecule has 2 aliphatic carbocycles. The summed E-state index contributed by atoms with van der Waals surface area (Å²) in [6.45, 7) is 2.30. The number of hydrogen-bond donors (Lipinski definition) is 0. The fourth-order valence-electron chi connectivity index (χ4n) is 4.80. The van der Waals surface area contributed by atoms with Gasteiger partial charge in [0.05, 0.1) is 12.1 Å². The smallest absolute Gasteiger partial charge is 0.314 e. The average molecular weight is 364 g/mol. The van der Waals surface area contributed by atoms with Crippen LogP contribution in [0.5, 0.6) is 5.75 Å². The van der Waals surface area contributed by atoms with Crippen LogP contribution >= 0.6 is 11.6 Å². The number of aromatic nitrogens is 1. The summed E-state index contributed by atoms with van der Waals surface area (Å²) in [5.41, 5.74) is 0. The summed E-state index contributed by atoms with van der Waals surface area (Å²) in [4.78, 5) is 16.3. The van der Waals surface area contributed by atoms with E-state index in [1.165, 1.54) is 57.6 Å². The van der Waals surface area contributed by atoms with Crippen LogP contribution in [0.15, 0.2) is 18.3 Å². The summed E-state index contributed by atoms with van der Waals surface area (Å²) >= 11 is 5.76. The third-order valence-corrected chi connectivity index (χ3v) is 6.50. The number of carbonyl (C=O) groups excluding carboxylic acids is 1. The van der Waals surface area contributed by atoms with Crippen molar-refractivity contribution in [3.8, 4) is 5.75 Å². The summed E-state index contributed by atoms with van der Waals surface area (Å²) in [6.07, 6.45) is 14.2. The Morgan fingerprint density at radius 2 is 1.72 bits per heavy atom. The van der Waals surface area contributed by atoms with Gasteiger partial charge in [-0.1, -0.05) is 44.2 Å². The maximum Gasteiger partial charge on any atom is 0.314 e. The lowest BCUT2D eigenvalue weighted by Crippen LogP contribution is -2.30. The largest absolute Gasteiger partial charge is 0.425 e. The Balaban J connectivity index is 1.42. The zero-order chi connectivity index (χ0) is 17.6. The quantitative estimate of drug-likeness (QED) is 0.472. The van der Waals surface area contributed by atoms with E-state index in [2.05, 4.69) is 11.9 Å². The molecular weight excluding hydrogens is 334 g/mol. The molecule has 2 saturated carbocycles. The lowest BCUT2D eigenvalue weighted by Gasteiger charge is -2.37. The second-order valence-electron chi connectivity index (χ2n) is 7.92. The van der Waals surface area contributed by atoms with E-state index in [1.807, 2.05) is 0 Å². The number of hydrogen-bond acceptors (Lipinski definition) is 3. The molecule has 3 rings (SSSR count). The van der Waals surface area contributed by atoms with Crippen molar-refractivity contribution >= 4 is 17.6 Å². The number of halogens is 1. The van der Waals surface area contributed by atoms with Gasteiger partial charge in [0.25, 0.3) is 0 Å². The minimum absolute atomic E-state index is 0.0448. The summed E-state index contributed by atoms with van der Waals surface area (Å²) in [5.74, 6) is 3.12. The molecule has 2 aliphatic rings. The number of pyridine rings is 1. The van der Waals surface area contributed by atoms with Gasteiger partial charge in [-0.15, -0.1) is 0 Å². The van der Waals surface area contributed by atoms with Crippen LogP contribution in [-0.4, -0.2) is 11.0 Å². The van der Waals surface area contributed by atoms with E-state index in [1.54, 1.807) is 12.1 Å². The van der Waals surface area contributed by atoms with Gasteiger partial charge in [0.2, 0.25) is 0 Å². The van der Waals surface area contributed by atoms with Crippen molar-refractivity contribution in [2.45, 2.75) is 71.1 Å². The highest BCUT2D eigenvalue weighted by Gasteiger charge is 2.33. The van der Waals surface area contributed by atoms with Crippen LogP contribution in [0.1, 0.15) is 71.1 Å².